The lowest BCUT2D eigenvalue weighted by Gasteiger charge is -2.32. The molecule has 0 radical (unpaired) electrons. The number of methoxy groups -OCH3 is 1. The van der Waals surface area contributed by atoms with Crippen molar-refractivity contribution in [1.82, 2.24) is 19.7 Å². The summed E-state index contributed by atoms with van der Waals surface area (Å²) >= 11 is 0. The van der Waals surface area contributed by atoms with Crippen molar-refractivity contribution in [3.63, 3.8) is 0 Å². The van der Waals surface area contributed by atoms with Gasteiger partial charge in [-0.1, -0.05) is 19.1 Å². The summed E-state index contributed by atoms with van der Waals surface area (Å²) in [5, 5.41) is 2.88. The number of ether oxygens (including phenoxy) is 3. The van der Waals surface area contributed by atoms with E-state index in [-0.39, 0.29) is 11.9 Å². The average molecular weight is 524 g/mol. The minimum absolute atomic E-state index is 0.141. The Morgan fingerprint density at radius 2 is 2.08 bits per heavy atom. The van der Waals surface area contributed by atoms with Crippen LogP contribution in [0.2, 0.25) is 0 Å². The molecule has 1 N–H and O–H groups in total. The van der Waals surface area contributed by atoms with Crippen LogP contribution in [-0.4, -0.2) is 91.8 Å². The molecule has 0 atom stereocenters. The van der Waals surface area contributed by atoms with Gasteiger partial charge in [0, 0.05) is 63.2 Å². The van der Waals surface area contributed by atoms with E-state index < -0.39 is 0 Å². The fourth-order valence-electron chi connectivity index (χ4n) is 4.42. The van der Waals surface area contributed by atoms with Crippen molar-refractivity contribution in [3.8, 4) is 11.5 Å². The number of aromatic nitrogens is 1. The number of carbonyl (C=O) groups excluding carboxylic acids is 2. The van der Waals surface area contributed by atoms with Crippen LogP contribution in [0, 0.1) is 0 Å². The number of anilines is 1. The summed E-state index contributed by atoms with van der Waals surface area (Å²) in [7, 11) is 3.36. The molecule has 3 heterocycles. The highest BCUT2D eigenvalue weighted by Gasteiger charge is 2.24. The second-order valence-corrected chi connectivity index (χ2v) is 9.41. The van der Waals surface area contributed by atoms with Gasteiger partial charge in [0.05, 0.1) is 33.5 Å². The Kier molecular flexibility index (Phi) is 9.56. The molecule has 4 rings (SSSR count). The molecule has 204 valence electrons. The number of urea groups is 1. The molecular formula is C28H37N5O5. The van der Waals surface area contributed by atoms with E-state index >= 15 is 0 Å². The van der Waals surface area contributed by atoms with Crippen LogP contribution >= 0.6 is 0 Å². The van der Waals surface area contributed by atoms with Crippen LogP contribution in [0.15, 0.2) is 36.5 Å². The number of rotatable bonds is 11. The number of likely N-dealkylation sites (N-methyl/N-ethyl adjacent to an activating group) is 1. The molecule has 1 saturated heterocycles. The number of benzene rings is 1. The first-order valence-electron chi connectivity index (χ1n) is 13.0. The van der Waals surface area contributed by atoms with Gasteiger partial charge in [-0.05, 0) is 30.2 Å². The Morgan fingerprint density at radius 3 is 2.84 bits per heavy atom. The van der Waals surface area contributed by atoms with E-state index in [0.717, 1.165) is 56.0 Å². The van der Waals surface area contributed by atoms with Crippen LogP contribution in [0.4, 0.5) is 10.6 Å². The summed E-state index contributed by atoms with van der Waals surface area (Å²) in [4.78, 5) is 35.5. The number of carbonyl (C=O) groups is 2. The van der Waals surface area contributed by atoms with Gasteiger partial charge in [-0.3, -0.25) is 15.0 Å². The van der Waals surface area contributed by atoms with Gasteiger partial charge >= 0.3 is 6.03 Å². The van der Waals surface area contributed by atoms with Gasteiger partial charge in [-0.15, -0.1) is 0 Å². The van der Waals surface area contributed by atoms with E-state index in [1.807, 2.05) is 31.2 Å². The zero-order valence-corrected chi connectivity index (χ0v) is 22.4. The zero-order valence-electron chi connectivity index (χ0n) is 22.4. The molecule has 2 aliphatic rings. The molecule has 0 spiro atoms. The summed E-state index contributed by atoms with van der Waals surface area (Å²) in [6.07, 6.45) is 5.82. The fourth-order valence-corrected chi connectivity index (χ4v) is 4.42. The van der Waals surface area contributed by atoms with Gasteiger partial charge in [0.15, 0.2) is 11.5 Å². The van der Waals surface area contributed by atoms with Crippen LogP contribution in [0.5, 0.6) is 11.5 Å². The molecule has 10 heteroatoms. The molecule has 10 nitrogen and oxygen atoms in total. The smallest absolute Gasteiger partial charge is 0.323 e. The summed E-state index contributed by atoms with van der Waals surface area (Å²) in [6, 6.07) is 7.51. The zero-order chi connectivity index (χ0) is 26.9. The van der Waals surface area contributed by atoms with Gasteiger partial charge in [0.1, 0.15) is 5.82 Å². The maximum absolute atomic E-state index is 12.9. The predicted molar refractivity (Wildman–Crippen MR) is 145 cm³/mol. The molecule has 1 aromatic carbocycles. The van der Waals surface area contributed by atoms with Crippen molar-refractivity contribution < 1.29 is 23.8 Å². The molecule has 0 saturated carbocycles. The molecular weight excluding hydrogens is 486 g/mol. The predicted octanol–water partition coefficient (Wildman–Crippen LogP) is 3.23. The van der Waals surface area contributed by atoms with Crippen molar-refractivity contribution in [2.45, 2.75) is 26.4 Å². The van der Waals surface area contributed by atoms with Gasteiger partial charge < -0.3 is 24.0 Å². The van der Waals surface area contributed by atoms with Crippen LogP contribution in [0.3, 0.4) is 0 Å². The highest BCUT2D eigenvalue weighted by atomic mass is 16.5. The molecule has 2 aliphatic heterocycles. The minimum Gasteiger partial charge on any atom is -0.493 e. The van der Waals surface area contributed by atoms with Crippen molar-refractivity contribution in [1.29, 1.82) is 0 Å². The number of fused-ring (bicyclic) bond motifs is 1. The largest absolute Gasteiger partial charge is 0.493 e. The SMILES string of the molecule is CCCOc1c(CN(C)C(=O)C=Cc2cnc3c(c2)CN(CCN2CCOCC2)C(=O)N3)cccc1OC. The van der Waals surface area contributed by atoms with Crippen LogP contribution in [-0.2, 0) is 22.6 Å². The van der Waals surface area contributed by atoms with E-state index in [1.165, 1.54) is 6.08 Å². The lowest BCUT2D eigenvalue weighted by Crippen LogP contribution is -2.45. The van der Waals surface area contributed by atoms with E-state index in [4.69, 9.17) is 14.2 Å². The Bertz CT molecular complexity index is 1150. The third-order valence-electron chi connectivity index (χ3n) is 6.58. The monoisotopic (exact) mass is 523 g/mol. The van der Waals surface area contributed by atoms with E-state index in [2.05, 4.69) is 15.2 Å². The average Bonchev–Trinajstić information content (AvgIpc) is 2.94. The van der Waals surface area contributed by atoms with Crippen molar-refractivity contribution in [2.24, 2.45) is 0 Å². The molecule has 1 fully saturated rings. The lowest BCUT2D eigenvalue weighted by molar-refractivity contribution is -0.125. The van der Waals surface area contributed by atoms with E-state index in [0.29, 0.717) is 43.6 Å². The summed E-state index contributed by atoms with van der Waals surface area (Å²) in [6.45, 7) is 8.14. The first-order valence-corrected chi connectivity index (χ1v) is 13.0. The summed E-state index contributed by atoms with van der Waals surface area (Å²) < 4.78 is 16.8. The Labute approximate surface area is 224 Å². The summed E-state index contributed by atoms with van der Waals surface area (Å²) in [5.41, 5.74) is 2.59. The number of amides is 3. The first kappa shape index (κ1) is 27.4. The number of morpholine rings is 1. The number of para-hydroxylation sites is 1. The highest BCUT2D eigenvalue weighted by Crippen LogP contribution is 2.32. The maximum atomic E-state index is 12.9. The maximum Gasteiger partial charge on any atom is 0.323 e. The van der Waals surface area contributed by atoms with E-state index in [9.17, 15) is 9.59 Å². The van der Waals surface area contributed by atoms with Crippen molar-refractivity contribution in [2.75, 3.05) is 65.5 Å². The second-order valence-electron chi connectivity index (χ2n) is 9.41. The number of nitrogens with one attached hydrogen (secondary N) is 1. The number of nitrogens with zero attached hydrogens (tertiary/aromatic N) is 4. The Hall–Kier alpha value is -3.63. The molecule has 1 aromatic heterocycles. The number of hydrogen-bond donors (Lipinski definition) is 1. The molecule has 0 bridgehead atoms. The van der Waals surface area contributed by atoms with Gasteiger partial charge in [-0.2, -0.15) is 0 Å². The summed E-state index contributed by atoms with van der Waals surface area (Å²) in [5.74, 6) is 1.74. The van der Waals surface area contributed by atoms with Crippen LogP contribution in [0.1, 0.15) is 30.0 Å². The minimum atomic E-state index is -0.146. The van der Waals surface area contributed by atoms with Gasteiger partial charge in [0.25, 0.3) is 0 Å². The van der Waals surface area contributed by atoms with Crippen molar-refractivity contribution >= 4 is 23.8 Å². The molecule has 0 aliphatic carbocycles. The van der Waals surface area contributed by atoms with Crippen LogP contribution < -0.4 is 14.8 Å². The quantitative estimate of drug-likeness (QED) is 0.452. The molecule has 2 aromatic rings. The van der Waals surface area contributed by atoms with Gasteiger partial charge in [0.2, 0.25) is 5.91 Å². The molecule has 3 amide bonds. The van der Waals surface area contributed by atoms with E-state index in [1.54, 1.807) is 36.2 Å². The van der Waals surface area contributed by atoms with Crippen molar-refractivity contribution in [3.05, 3.63) is 53.2 Å². The van der Waals surface area contributed by atoms with Crippen LogP contribution in [0.25, 0.3) is 6.08 Å². The molecule has 38 heavy (non-hydrogen) atoms. The van der Waals surface area contributed by atoms with Gasteiger partial charge in [-0.25, -0.2) is 9.78 Å². The number of hydrogen-bond acceptors (Lipinski definition) is 7. The Balaban J connectivity index is 1.37. The standard InChI is InChI=1S/C28H37N5O5/c1-4-14-38-26-22(6-5-7-24(26)36-3)19-31(2)25(34)9-8-21-17-23-20-33(28(35)30-27(23)29-18-21)11-10-32-12-15-37-16-13-32/h5-9,17-18H,4,10-16,19-20H2,1-3H3,(H,29,30,35). The first-order chi connectivity index (χ1) is 18.5. The second kappa shape index (κ2) is 13.3. The normalized spacial score (nSPS) is 15.8. The third-order valence-corrected chi connectivity index (χ3v) is 6.58. The number of pyridine rings is 1. The topological polar surface area (TPSA) is 96.5 Å². The Morgan fingerprint density at radius 1 is 1.26 bits per heavy atom. The third kappa shape index (κ3) is 7.02. The highest BCUT2D eigenvalue weighted by molar-refractivity contribution is 5.93. The lowest BCUT2D eigenvalue weighted by atomic mass is 10.1. The molecule has 0 unspecified atom stereocenters. The fraction of sp³-hybridized carbons (Fsp3) is 0.464.